The van der Waals surface area contributed by atoms with E-state index >= 15 is 0 Å². The predicted octanol–water partition coefficient (Wildman–Crippen LogP) is 18.7. The van der Waals surface area contributed by atoms with E-state index < -0.39 is 0 Å². The van der Waals surface area contributed by atoms with E-state index in [9.17, 15) is 0 Å². The lowest BCUT2D eigenvalue weighted by molar-refractivity contribution is 0.668. The van der Waals surface area contributed by atoms with Gasteiger partial charge in [0.15, 0.2) is 17.5 Å². The fourth-order valence-electron chi connectivity index (χ4n) is 11.4. The standard InChI is InChI=1S/C69H40N4O3/c1-2-17-49(18-3-1)73-58-23-7-4-19-50(58)56-37-45(29-33-59(56)73)43-15-10-13-41(35-43)42-14-11-16-44(36-42)46-30-34-62-57(38-46)66-55(22-12-26-63(66)74-62)69-71-67(47-27-31-53-51-20-5-8-24-60(51)75-64(53)39-47)70-68(72-69)48-28-32-54-52-21-6-9-25-61(52)76-65(54)40-48/h1-40H. The third kappa shape index (κ3) is 6.73. The number of rotatable bonds is 7. The van der Waals surface area contributed by atoms with Crippen LogP contribution < -0.4 is 0 Å². The van der Waals surface area contributed by atoms with Crippen molar-refractivity contribution in [2.45, 2.75) is 0 Å². The maximum atomic E-state index is 6.61. The molecule has 11 aromatic carbocycles. The van der Waals surface area contributed by atoms with Crippen LogP contribution in [0.5, 0.6) is 0 Å². The minimum absolute atomic E-state index is 0.523. The Morgan fingerprint density at radius 1 is 0.250 bits per heavy atom. The topological polar surface area (TPSA) is 83.0 Å². The first kappa shape index (κ1) is 42.2. The summed E-state index contributed by atoms with van der Waals surface area (Å²) < 4.78 is 21.7. The predicted molar refractivity (Wildman–Crippen MR) is 309 cm³/mol. The summed E-state index contributed by atoms with van der Waals surface area (Å²) in [5.74, 6) is 1.57. The van der Waals surface area contributed by atoms with Crippen molar-refractivity contribution in [3.05, 3.63) is 243 Å². The second-order valence-electron chi connectivity index (χ2n) is 19.5. The third-order valence-corrected chi connectivity index (χ3v) is 15.1. The highest BCUT2D eigenvalue weighted by molar-refractivity contribution is 6.14. The summed E-state index contributed by atoms with van der Waals surface area (Å²) in [6.45, 7) is 0. The summed E-state index contributed by atoms with van der Waals surface area (Å²) in [5, 5.41) is 8.55. The lowest BCUT2D eigenvalue weighted by Gasteiger charge is -2.10. The fraction of sp³-hybridized carbons (Fsp3) is 0. The number of furan rings is 3. The van der Waals surface area contributed by atoms with E-state index in [1.807, 2.05) is 60.7 Å². The Labute approximate surface area is 434 Å². The molecule has 0 N–H and O–H groups in total. The molecule has 0 bridgehead atoms. The van der Waals surface area contributed by atoms with Crippen molar-refractivity contribution in [2.75, 3.05) is 0 Å². The fourth-order valence-corrected chi connectivity index (χ4v) is 11.4. The second kappa shape index (κ2) is 16.6. The maximum Gasteiger partial charge on any atom is 0.164 e. The molecule has 354 valence electrons. The molecule has 16 aromatic rings. The highest BCUT2D eigenvalue weighted by Crippen LogP contribution is 2.42. The van der Waals surface area contributed by atoms with Crippen LogP contribution >= 0.6 is 0 Å². The van der Waals surface area contributed by atoms with Gasteiger partial charge in [0.25, 0.3) is 0 Å². The lowest BCUT2D eigenvalue weighted by Crippen LogP contribution is -2.00. The van der Waals surface area contributed by atoms with Gasteiger partial charge in [0, 0.05) is 65.5 Å². The molecule has 0 spiro atoms. The normalized spacial score (nSPS) is 11.9. The van der Waals surface area contributed by atoms with Gasteiger partial charge in [-0.15, -0.1) is 0 Å². The molecule has 0 aliphatic carbocycles. The van der Waals surface area contributed by atoms with Crippen LogP contribution in [-0.4, -0.2) is 19.5 Å². The van der Waals surface area contributed by atoms with E-state index in [0.29, 0.717) is 17.5 Å². The first-order valence-corrected chi connectivity index (χ1v) is 25.5. The Bertz CT molecular complexity index is 4890. The van der Waals surface area contributed by atoms with E-state index in [-0.39, 0.29) is 0 Å². The molecule has 5 aromatic heterocycles. The van der Waals surface area contributed by atoms with E-state index in [1.165, 1.54) is 27.4 Å². The van der Waals surface area contributed by atoms with Crippen molar-refractivity contribution < 1.29 is 13.3 Å². The van der Waals surface area contributed by atoms with Crippen molar-refractivity contribution in [3.63, 3.8) is 0 Å². The summed E-state index contributed by atoms with van der Waals surface area (Å²) in [7, 11) is 0. The van der Waals surface area contributed by atoms with E-state index in [1.54, 1.807) is 0 Å². The van der Waals surface area contributed by atoms with Gasteiger partial charge >= 0.3 is 0 Å². The lowest BCUT2D eigenvalue weighted by atomic mass is 9.95. The van der Waals surface area contributed by atoms with Crippen LogP contribution in [0.25, 0.3) is 161 Å². The molecule has 76 heavy (non-hydrogen) atoms. The van der Waals surface area contributed by atoms with Crippen molar-refractivity contribution in [2.24, 2.45) is 0 Å². The molecule has 7 heteroatoms. The number of aromatic nitrogens is 4. The zero-order chi connectivity index (χ0) is 49.8. The van der Waals surface area contributed by atoms with Gasteiger partial charge in [-0.1, -0.05) is 146 Å². The molecule has 0 fully saturated rings. The van der Waals surface area contributed by atoms with Crippen LogP contribution in [0.3, 0.4) is 0 Å². The quantitative estimate of drug-likeness (QED) is 0.158. The molecule has 0 saturated heterocycles. The van der Waals surface area contributed by atoms with Gasteiger partial charge in [0.05, 0.1) is 11.0 Å². The van der Waals surface area contributed by atoms with Gasteiger partial charge in [-0.2, -0.15) is 0 Å². The zero-order valence-corrected chi connectivity index (χ0v) is 40.6. The zero-order valence-electron chi connectivity index (χ0n) is 40.6. The van der Waals surface area contributed by atoms with Crippen LogP contribution in [0, 0.1) is 0 Å². The third-order valence-electron chi connectivity index (χ3n) is 15.1. The Hall–Kier alpha value is -10.4. The molecule has 0 saturated carbocycles. The number of fused-ring (bicyclic) bond motifs is 12. The van der Waals surface area contributed by atoms with E-state index in [0.717, 1.165) is 116 Å². The highest BCUT2D eigenvalue weighted by Gasteiger charge is 2.21. The van der Waals surface area contributed by atoms with Crippen molar-refractivity contribution in [3.8, 4) is 73.2 Å². The Balaban J connectivity index is 0.797. The molecule has 0 aliphatic heterocycles. The van der Waals surface area contributed by atoms with Crippen molar-refractivity contribution >= 4 is 87.6 Å². The van der Waals surface area contributed by atoms with Crippen molar-refractivity contribution in [1.29, 1.82) is 0 Å². The molecule has 0 unspecified atom stereocenters. The average molecular weight is 973 g/mol. The molecule has 0 atom stereocenters. The van der Waals surface area contributed by atoms with Gasteiger partial charge in [0.2, 0.25) is 0 Å². The van der Waals surface area contributed by atoms with Crippen LogP contribution in [0.4, 0.5) is 0 Å². The maximum absolute atomic E-state index is 6.61. The minimum Gasteiger partial charge on any atom is -0.456 e. The van der Waals surface area contributed by atoms with E-state index in [4.69, 9.17) is 28.2 Å². The molecule has 0 radical (unpaired) electrons. The Morgan fingerprint density at radius 3 is 1.34 bits per heavy atom. The Kier molecular flexibility index (Phi) is 9.20. The summed E-state index contributed by atoms with van der Waals surface area (Å²) >= 11 is 0. The number of para-hydroxylation sites is 4. The molecule has 5 heterocycles. The van der Waals surface area contributed by atoms with Gasteiger partial charge < -0.3 is 17.8 Å². The number of hydrogen-bond donors (Lipinski definition) is 0. The van der Waals surface area contributed by atoms with Gasteiger partial charge in [-0.25, -0.2) is 15.0 Å². The number of nitrogens with zero attached hydrogens (tertiary/aromatic N) is 4. The van der Waals surface area contributed by atoms with Gasteiger partial charge in [-0.05, 0) is 130 Å². The van der Waals surface area contributed by atoms with E-state index in [2.05, 4.69) is 187 Å². The highest BCUT2D eigenvalue weighted by atomic mass is 16.3. The average Bonchev–Trinajstić information content (AvgIpc) is 4.30. The van der Waals surface area contributed by atoms with Crippen LogP contribution in [0.15, 0.2) is 256 Å². The first-order chi connectivity index (χ1) is 37.6. The number of hydrogen-bond acceptors (Lipinski definition) is 6. The largest absolute Gasteiger partial charge is 0.456 e. The minimum atomic E-state index is 0.523. The molecular formula is C69H40N4O3. The van der Waals surface area contributed by atoms with Crippen LogP contribution in [0.2, 0.25) is 0 Å². The van der Waals surface area contributed by atoms with Crippen LogP contribution in [-0.2, 0) is 0 Å². The number of benzene rings is 11. The molecular weight excluding hydrogens is 933 g/mol. The monoisotopic (exact) mass is 972 g/mol. The SMILES string of the molecule is c1ccc(-n2c3ccccc3c3cc(-c4cccc(-c5cccc(-c6ccc7oc8cccc(-c9nc(-c%10ccc%11c(c%10)oc%10ccccc%10%11)nc(-c%10ccc%11c(c%10)oc%10ccccc%10%11)n9)c8c7c6)c5)c4)ccc32)cc1. The molecule has 0 amide bonds. The summed E-state index contributed by atoms with van der Waals surface area (Å²) in [6, 6.07) is 84.9. The summed E-state index contributed by atoms with van der Waals surface area (Å²) in [6.07, 6.45) is 0. The first-order valence-electron chi connectivity index (χ1n) is 25.5. The van der Waals surface area contributed by atoms with Crippen LogP contribution in [0.1, 0.15) is 0 Å². The Morgan fingerprint density at radius 2 is 0.697 bits per heavy atom. The van der Waals surface area contributed by atoms with Crippen molar-refractivity contribution in [1.82, 2.24) is 19.5 Å². The smallest absolute Gasteiger partial charge is 0.164 e. The molecule has 0 aliphatic rings. The van der Waals surface area contributed by atoms with Gasteiger partial charge in [-0.3, -0.25) is 0 Å². The summed E-state index contributed by atoms with van der Waals surface area (Å²) in [4.78, 5) is 15.7. The second-order valence-corrected chi connectivity index (χ2v) is 19.5. The molecule has 7 nitrogen and oxygen atoms in total. The summed E-state index contributed by atoms with van der Waals surface area (Å²) in [5.41, 5.74) is 17.5. The molecule has 16 rings (SSSR count). The van der Waals surface area contributed by atoms with Gasteiger partial charge in [0.1, 0.15) is 33.5 Å².